The Bertz CT molecular complexity index is 825. The minimum atomic E-state index is -3.83. The zero-order valence-electron chi connectivity index (χ0n) is 14.7. The lowest BCUT2D eigenvalue weighted by molar-refractivity contribution is -0.148. The Balaban J connectivity index is 1.59. The number of likely N-dealkylation sites (tertiary alicyclic amines) is 1. The van der Waals surface area contributed by atoms with E-state index in [0.29, 0.717) is 50.5 Å². The SMILES string of the molecule is O=C(O)[C@H]1CCCN1C(=O)CCNS(=O)(=O)c1ccc2c(c1)OCCCO2. The average Bonchev–Trinajstić information content (AvgIpc) is 3.01. The van der Waals surface area contributed by atoms with E-state index < -0.39 is 22.0 Å². The van der Waals surface area contributed by atoms with Gasteiger partial charge in [0.1, 0.15) is 6.04 Å². The summed E-state index contributed by atoms with van der Waals surface area (Å²) in [6.07, 6.45) is 1.66. The van der Waals surface area contributed by atoms with E-state index in [4.69, 9.17) is 14.6 Å². The van der Waals surface area contributed by atoms with Gasteiger partial charge in [-0.1, -0.05) is 0 Å². The van der Waals surface area contributed by atoms with Crippen LogP contribution >= 0.6 is 0 Å². The fourth-order valence-corrected chi connectivity index (χ4v) is 4.20. The second kappa shape index (κ2) is 8.13. The highest BCUT2D eigenvalue weighted by molar-refractivity contribution is 7.89. The summed E-state index contributed by atoms with van der Waals surface area (Å²) in [6, 6.07) is 3.53. The third-order valence-electron chi connectivity index (χ3n) is 4.52. The molecule has 3 rings (SSSR count). The van der Waals surface area contributed by atoms with Crippen molar-refractivity contribution >= 4 is 21.9 Å². The van der Waals surface area contributed by atoms with Gasteiger partial charge in [-0.2, -0.15) is 0 Å². The van der Waals surface area contributed by atoms with E-state index in [2.05, 4.69) is 4.72 Å². The molecule has 0 radical (unpaired) electrons. The molecule has 0 aliphatic carbocycles. The van der Waals surface area contributed by atoms with Gasteiger partial charge in [0, 0.05) is 32.0 Å². The molecular weight excluding hydrogens is 376 g/mol. The first-order valence-electron chi connectivity index (χ1n) is 8.80. The van der Waals surface area contributed by atoms with E-state index in [-0.39, 0.29) is 23.8 Å². The monoisotopic (exact) mass is 398 g/mol. The fourth-order valence-electron chi connectivity index (χ4n) is 3.15. The Hall–Kier alpha value is -2.33. The third kappa shape index (κ3) is 4.51. The lowest BCUT2D eigenvalue weighted by Crippen LogP contribution is -2.41. The molecule has 2 heterocycles. The van der Waals surface area contributed by atoms with Crippen molar-refractivity contribution in [2.24, 2.45) is 0 Å². The molecule has 1 atom stereocenters. The molecule has 0 spiro atoms. The van der Waals surface area contributed by atoms with Crippen molar-refractivity contribution in [1.29, 1.82) is 0 Å². The van der Waals surface area contributed by atoms with Gasteiger partial charge < -0.3 is 19.5 Å². The largest absolute Gasteiger partial charge is 0.490 e. The van der Waals surface area contributed by atoms with E-state index in [0.717, 1.165) is 0 Å². The summed E-state index contributed by atoms with van der Waals surface area (Å²) in [7, 11) is -3.83. The van der Waals surface area contributed by atoms with E-state index in [9.17, 15) is 18.0 Å². The van der Waals surface area contributed by atoms with Crippen molar-refractivity contribution in [3.8, 4) is 11.5 Å². The topological polar surface area (TPSA) is 122 Å². The Morgan fingerprint density at radius 1 is 1.19 bits per heavy atom. The number of carboxylic acids is 1. The molecule has 27 heavy (non-hydrogen) atoms. The summed E-state index contributed by atoms with van der Waals surface area (Å²) in [4.78, 5) is 24.7. The van der Waals surface area contributed by atoms with Crippen molar-refractivity contribution in [1.82, 2.24) is 9.62 Å². The van der Waals surface area contributed by atoms with Gasteiger partial charge in [-0.05, 0) is 25.0 Å². The number of ether oxygens (including phenoxy) is 2. The number of hydrogen-bond donors (Lipinski definition) is 2. The number of carbonyl (C=O) groups excluding carboxylic acids is 1. The minimum absolute atomic E-state index is 0.0174. The van der Waals surface area contributed by atoms with Crippen LogP contribution in [0.15, 0.2) is 23.1 Å². The highest BCUT2D eigenvalue weighted by Gasteiger charge is 2.33. The molecule has 1 aromatic carbocycles. The standard InChI is InChI=1S/C17H22N2O7S/c20-16(19-8-1-3-13(19)17(21)22)6-7-18-27(23,24)12-4-5-14-15(11-12)26-10-2-9-25-14/h4-5,11,13,18H,1-3,6-10H2,(H,21,22)/t13-/m1/s1. The molecule has 10 heteroatoms. The lowest BCUT2D eigenvalue weighted by Gasteiger charge is -2.21. The first-order chi connectivity index (χ1) is 12.9. The maximum Gasteiger partial charge on any atom is 0.326 e. The van der Waals surface area contributed by atoms with Crippen LogP contribution in [0.4, 0.5) is 0 Å². The van der Waals surface area contributed by atoms with Crippen LogP contribution in [-0.4, -0.2) is 62.6 Å². The van der Waals surface area contributed by atoms with Gasteiger partial charge in [0.2, 0.25) is 15.9 Å². The summed E-state index contributed by atoms with van der Waals surface area (Å²) < 4.78 is 38.3. The maximum absolute atomic E-state index is 12.5. The molecule has 0 aromatic heterocycles. The van der Waals surface area contributed by atoms with E-state index in [1.54, 1.807) is 6.07 Å². The van der Waals surface area contributed by atoms with E-state index in [1.165, 1.54) is 17.0 Å². The maximum atomic E-state index is 12.5. The number of amides is 1. The van der Waals surface area contributed by atoms with E-state index >= 15 is 0 Å². The van der Waals surface area contributed by atoms with Gasteiger partial charge in [0.05, 0.1) is 18.1 Å². The number of carboxylic acid groups (broad SMARTS) is 1. The summed E-state index contributed by atoms with van der Waals surface area (Å²) in [6.45, 7) is 1.22. The van der Waals surface area contributed by atoms with Gasteiger partial charge in [-0.25, -0.2) is 17.9 Å². The number of carbonyl (C=O) groups is 2. The summed E-state index contributed by atoms with van der Waals surface area (Å²) in [5.74, 6) is -0.543. The van der Waals surface area contributed by atoms with E-state index in [1.807, 2.05) is 0 Å². The predicted octanol–water partition coefficient (Wildman–Crippen LogP) is 0.592. The van der Waals surface area contributed by atoms with Crippen molar-refractivity contribution in [3.05, 3.63) is 18.2 Å². The minimum Gasteiger partial charge on any atom is -0.490 e. The summed E-state index contributed by atoms with van der Waals surface area (Å²) in [5, 5.41) is 9.13. The van der Waals surface area contributed by atoms with Crippen molar-refractivity contribution in [2.75, 3.05) is 26.3 Å². The Labute approximate surface area is 157 Å². The number of benzene rings is 1. The lowest BCUT2D eigenvalue weighted by atomic mass is 10.2. The molecule has 1 saturated heterocycles. The molecule has 0 bridgehead atoms. The third-order valence-corrected chi connectivity index (χ3v) is 5.98. The molecule has 2 N–H and O–H groups in total. The van der Waals surface area contributed by atoms with Crippen LogP contribution in [0.5, 0.6) is 11.5 Å². The molecule has 1 aromatic rings. The molecule has 2 aliphatic rings. The number of rotatable bonds is 6. The number of aliphatic carboxylic acids is 1. The molecule has 1 amide bonds. The zero-order valence-corrected chi connectivity index (χ0v) is 15.5. The Kier molecular flexibility index (Phi) is 5.85. The highest BCUT2D eigenvalue weighted by Crippen LogP contribution is 2.31. The van der Waals surface area contributed by atoms with Crippen LogP contribution in [0, 0.1) is 0 Å². The second-order valence-corrected chi connectivity index (χ2v) is 8.16. The normalized spacial score (nSPS) is 19.6. The highest BCUT2D eigenvalue weighted by atomic mass is 32.2. The fraction of sp³-hybridized carbons (Fsp3) is 0.529. The van der Waals surface area contributed by atoms with Gasteiger partial charge in [0.25, 0.3) is 0 Å². The molecular formula is C17H22N2O7S. The summed E-state index contributed by atoms with van der Waals surface area (Å²) >= 11 is 0. The van der Waals surface area contributed by atoms with Crippen LogP contribution in [0.25, 0.3) is 0 Å². The molecule has 9 nitrogen and oxygen atoms in total. The number of nitrogens with zero attached hydrogens (tertiary/aromatic N) is 1. The quantitative estimate of drug-likeness (QED) is 0.719. The van der Waals surface area contributed by atoms with Gasteiger partial charge in [-0.15, -0.1) is 0 Å². The number of hydrogen-bond acceptors (Lipinski definition) is 6. The molecule has 1 fully saturated rings. The smallest absolute Gasteiger partial charge is 0.326 e. The second-order valence-electron chi connectivity index (χ2n) is 6.39. The average molecular weight is 398 g/mol. The van der Waals surface area contributed by atoms with Crippen LogP contribution in [0.2, 0.25) is 0 Å². The van der Waals surface area contributed by atoms with Crippen LogP contribution < -0.4 is 14.2 Å². The first-order valence-corrected chi connectivity index (χ1v) is 10.3. The van der Waals surface area contributed by atoms with Crippen LogP contribution in [0.1, 0.15) is 25.7 Å². The number of fused-ring (bicyclic) bond motifs is 1. The van der Waals surface area contributed by atoms with Gasteiger partial charge >= 0.3 is 5.97 Å². The van der Waals surface area contributed by atoms with Crippen LogP contribution in [-0.2, 0) is 19.6 Å². The predicted molar refractivity (Wildman–Crippen MR) is 94.2 cm³/mol. The first kappa shape index (κ1) is 19.4. The van der Waals surface area contributed by atoms with Gasteiger partial charge in [0.15, 0.2) is 11.5 Å². The van der Waals surface area contributed by atoms with Crippen LogP contribution in [0.3, 0.4) is 0 Å². The van der Waals surface area contributed by atoms with Gasteiger partial charge in [-0.3, -0.25) is 4.79 Å². The zero-order chi connectivity index (χ0) is 19.4. The Morgan fingerprint density at radius 3 is 2.67 bits per heavy atom. The van der Waals surface area contributed by atoms with Crippen molar-refractivity contribution in [2.45, 2.75) is 36.6 Å². The molecule has 148 valence electrons. The molecule has 0 saturated carbocycles. The van der Waals surface area contributed by atoms with Crippen molar-refractivity contribution < 1.29 is 32.6 Å². The van der Waals surface area contributed by atoms with Crippen molar-refractivity contribution in [3.63, 3.8) is 0 Å². The number of sulfonamides is 1. The molecule has 2 aliphatic heterocycles. The molecule has 0 unspecified atom stereocenters. The number of nitrogens with one attached hydrogen (secondary N) is 1. The summed E-state index contributed by atoms with van der Waals surface area (Å²) in [5.41, 5.74) is 0. The Morgan fingerprint density at radius 2 is 1.93 bits per heavy atom.